The van der Waals surface area contributed by atoms with E-state index >= 15 is 0 Å². The van der Waals surface area contributed by atoms with Crippen LogP contribution in [0.15, 0.2) is 66.7 Å². The van der Waals surface area contributed by atoms with Gasteiger partial charge in [-0.1, -0.05) is 62.2 Å². The maximum atomic E-state index is 11.9. The fraction of sp³-hybridized carbons (Fsp3) is 0.367. The third kappa shape index (κ3) is 5.87. The van der Waals surface area contributed by atoms with Crippen LogP contribution in [0.25, 0.3) is 21.9 Å². The van der Waals surface area contributed by atoms with Crippen molar-refractivity contribution in [3.63, 3.8) is 0 Å². The van der Waals surface area contributed by atoms with Gasteiger partial charge in [-0.3, -0.25) is 0 Å². The summed E-state index contributed by atoms with van der Waals surface area (Å²) in [6, 6.07) is 19.3. The molecule has 0 unspecified atom stereocenters. The van der Waals surface area contributed by atoms with Crippen molar-refractivity contribution in [3.8, 4) is 16.9 Å². The Morgan fingerprint density at radius 2 is 1.74 bits per heavy atom. The maximum Gasteiger partial charge on any atom is 0.333 e. The van der Waals surface area contributed by atoms with E-state index in [0.717, 1.165) is 22.1 Å². The molecular formula is C30H34O4. The van der Waals surface area contributed by atoms with Crippen LogP contribution in [0.3, 0.4) is 0 Å². The van der Waals surface area contributed by atoms with E-state index in [-0.39, 0.29) is 19.2 Å². The zero-order chi connectivity index (χ0) is 23.9. The number of aliphatic hydroxyl groups excluding tert-OH is 1. The lowest BCUT2D eigenvalue weighted by Crippen LogP contribution is -2.10. The predicted molar refractivity (Wildman–Crippen MR) is 137 cm³/mol. The average molecular weight is 459 g/mol. The van der Waals surface area contributed by atoms with Crippen LogP contribution in [-0.2, 0) is 16.0 Å². The Balaban J connectivity index is 1.63. The van der Waals surface area contributed by atoms with Gasteiger partial charge < -0.3 is 14.6 Å². The number of hydrogen-bond donors (Lipinski definition) is 1. The van der Waals surface area contributed by atoms with Crippen molar-refractivity contribution in [1.29, 1.82) is 0 Å². The van der Waals surface area contributed by atoms with Gasteiger partial charge in [-0.05, 0) is 76.9 Å². The number of esters is 1. The molecule has 0 heterocycles. The van der Waals surface area contributed by atoms with Crippen LogP contribution in [0.4, 0.5) is 0 Å². The van der Waals surface area contributed by atoms with Gasteiger partial charge in [0.05, 0.1) is 13.2 Å². The van der Waals surface area contributed by atoms with Crippen LogP contribution in [0.5, 0.6) is 5.75 Å². The second-order valence-corrected chi connectivity index (χ2v) is 9.21. The Morgan fingerprint density at radius 1 is 0.971 bits per heavy atom. The summed E-state index contributed by atoms with van der Waals surface area (Å²) in [7, 11) is 0. The SMILES string of the molecule is C=C(C)C(=O)OCCc1cc(C2CCCCC2)ccc1-c1ccc2cc(OCCO)ccc2c1. The summed E-state index contributed by atoms with van der Waals surface area (Å²) >= 11 is 0. The maximum absolute atomic E-state index is 11.9. The molecule has 178 valence electrons. The lowest BCUT2D eigenvalue weighted by atomic mass is 9.82. The second kappa shape index (κ2) is 11.3. The smallest absolute Gasteiger partial charge is 0.333 e. The number of carbonyl (C=O) groups is 1. The molecule has 3 aromatic rings. The van der Waals surface area contributed by atoms with Gasteiger partial charge in [-0.2, -0.15) is 0 Å². The van der Waals surface area contributed by atoms with E-state index in [4.69, 9.17) is 14.6 Å². The summed E-state index contributed by atoms with van der Waals surface area (Å²) in [5.74, 6) is 1.04. The minimum atomic E-state index is -0.338. The topological polar surface area (TPSA) is 55.8 Å². The lowest BCUT2D eigenvalue weighted by molar-refractivity contribution is -0.138. The molecule has 34 heavy (non-hydrogen) atoms. The van der Waals surface area contributed by atoms with E-state index in [1.54, 1.807) is 6.92 Å². The number of hydrogen-bond acceptors (Lipinski definition) is 4. The fourth-order valence-electron chi connectivity index (χ4n) is 4.81. The van der Waals surface area contributed by atoms with E-state index in [1.165, 1.54) is 48.8 Å². The largest absolute Gasteiger partial charge is 0.491 e. The van der Waals surface area contributed by atoms with E-state index in [0.29, 0.717) is 24.5 Å². The first-order chi connectivity index (χ1) is 16.5. The summed E-state index contributed by atoms with van der Waals surface area (Å²) in [6.07, 6.45) is 7.10. The first-order valence-electron chi connectivity index (χ1n) is 12.3. The Labute approximate surface area is 202 Å². The van der Waals surface area contributed by atoms with Gasteiger partial charge in [-0.15, -0.1) is 0 Å². The summed E-state index contributed by atoms with van der Waals surface area (Å²) in [6.45, 7) is 5.98. The van der Waals surface area contributed by atoms with Gasteiger partial charge in [0.15, 0.2) is 0 Å². The van der Waals surface area contributed by atoms with Crippen molar-refractivity contribution in [2.45, 2.75) is 51.4 Å². The molecule has 1 saturated carbocycles. The number of ether oxygens (including phenoxy) is 2. The van der Waals surface area contributed by atoms with Crippen LogP contribution in [0.2, 0.25) is 0 Å². The van der Waals surface area contributed by atoms with E-state index in [2.05, 4.69) is 49.0 Å². The van der Waals surface area contributed by atoms with E-state index < -0.39 is 0 Å². The number of rotatable bonds is 9. The highest BCUT2D eigenvalue weighted by Crippen LogP contribution is 2.36. The molecular weight excluding hydrogens is 424 g/mol. The molecule has 0 amide bonds. The Hall–Kier alpha value is -3.11. The van der Waals surface area contributed by atoms with Crippen LogP contribution in [0, 0.1) is 0 Å². The molecule has 1 fully saturated rings. The highest BCUT2D eigenvalue weighted by molar-refractivity contribution is 5.89. The Kier molecular flexibility index (Phi) is 8.02. The molecule has 0 atom stereocenters. The third-order valence-electron chi connectivity index (χ3n) is 6.64. The molecule has 1 aliphatic carbocycles. The molecule has 1 N–H and O–H groups in total. The molecule has 4 nitrogen and oxygen atoms in total. The van der Waals surface area contributed by atoms with Crippen molar-refractivity contribution < 1.29 is 19.4 Å². The van der Waals surface area contributed by atoms with Crippen LogP contribution < -0.4 is 4.74 Å². The summed E-state index contributed by atoms with van der Waals surface area (Å²) < 4.78 is 11.0. The first-order valence-corrected chi connectivity index (χ1v) is 12.3. The normalized spacial score (nSPS) is 14.2. The van der Waals surface area contributed by atoms with Gasteiger partial charge in [-0.25, -0.2) is 4.79 Å². The molecule has 0 aliphatic heterocycles. The zero-order valence-corrected chi connectivity index (χ0v) is 20.0. The third-order valence-corrected chi connectivity index (χ3v) is 6.64. The molecule has 3 aromatic carbocycles. The highest BCUT2D eigenvalue weighted by Gasteiger charge is 2.18. The quantitative estimate of drug-likeness (QED) is 0.290. The van der Waals surface area contributed by atoms with Crippen molar-refractivity contribution in [2.75, 3.05) is 19.8 Å². The molecule has 4 heteroatoms. The van der Waals surface area contributed by atoms with E-state index in [9.17, 15) is 4.79 Å². The number of aliphatic hydroxyl groups is 1. The van der Waals surface area contributed by atoms with Crippen LogP contribution in [-0.4, -0.2) is 30.9 Å². The molecule has 0 spiro atoms. The minimum absolute atomic E-state index is 0.00170. The van der Waals surface area contributed by atoms with Crippen molar-refractivity contribution in [2.24, 2.45) is 0 Å². The standard InChI is InChI=1S/C30H34O4/c1-21(2)30(32)34-16-14-27-18-23(22-6-4-3-5-7-22)11-13-29(27)26-9-8-25-20-28(33-17-15-31)12-10-24(25)19-26/h8-13,18-20,22,31H,1,3-7,14-17H2,2H3. The Bertz CT molecular complexity index is 1160. The predicted octanol–water partition coefficient (Wildman–Crippen LogP) is 6.59. The van der Waals surface area contributed by atoms with Gasteiger partial charge in [0, 0.05) is 12.0 Å². The highest BCUT2D eigenvalue weighted by atomic mass is 16.5. The van der Waals surface area contributed by atoms with Crippen molar-refractivity contribution >= 4 is 16.7 Å². The lowest BCUT2D eigenvalue weighted by Gasteiger charge is -2.23. The summed E-state index contributed by atoms with van der Waals surface area (Å²) in [4.78, 5) is 11.9. The number of fused-ring (bicyclic) bond motifs is 1. The second-order valence-electron chi connectivity index (χ2n) is 9.21. The monoisotopic (exact) mass is 458 g/mol. The van der Waals surface area contributed by atoms with Crippen molar-refractivity contribution in [1.82, 2.24) is 0 Å². The van der Waals surface area contributed by atoms with Crippen LogP contribution >= 0.6 is 0 Å². The van der Waals surface area contributed by atoms with Crippen molar-refractivity contribution in [3.05, 3.63) is 77.9 Å². The molecule has 0 bridgehead atoms. The Morgan fingerprint density at radius 3 is 2.50 bits per heavy atom. The number of benzene rings is 3. The van der Waals surface area contributed by atoms with E-state index in [1.807, 2.05) is 12.1 Å². The zero-order valence-electron chi connectivity index (χ0n) is 20.0. The van der Waals surface area contributed by atoms with Crippen LogP contribution in [0.1, 0.15) is 56.1 Å². The average Bonchev–Trinajstić information content (AvgIpc) is 2.87. The van der Waals surface area contributed by atoms with Gasteiger partial charge in [0.25, 0.3) is 0 Å². The molecule has 4 rings (SSSR count). The molecule has 0 aromatic heterocycles. The summed E-state index contributed by atoms with van der Waals surface area (Å²) in [5, 5.41) is 11.2. The number of carbonyl (C=O) groups excluding carboxylic acids is 1. The minimum Gasteiger partial charge on any atom is -0.491 e. The molecule has 1 aliphatic rings. The molecule has 0 radical (unpaired) electrons. The van der Waals surface area contributed by atoms with Gasteiger partial charge >= 0.3 is 5.97 Å². The van der Waals surface area contributed by atoms with Gasteiger partial charge in [0.2, 0.25) is 0 Å². The molecule has 0 saturated heterocycles. The fourth-order valence-corrected chi connectivity index (χ4v) is 4.81. The first kappa shape index (κ1) is 24.0. The van der Waals surface area contributed by atoms with Gasteiger partial charge in [0.1, 0.15) is 12.4 Å². The summed E-state index contributed by atoms with van der Waals surface area (Å²) in [5.41, 5.74) is 5.35.